The van der Waals surface area contributed by atoms with Gasteiger partial charge in [-0.3, -0.25) is 0 Å². The normalized spacial score (nSPS) is 10.5. The fourth-order valence-electron chi connectivity index (χ4n) is 1.14. The molecule has 0 aliphatic rings. The van der Waals surface area contributed by atoms with Crippen LogP contribution in [0.4, 0.5) is 0 Å². The first-order valence-corrected chi connectivity index (χ1v) is 6.59. The molecule has 0 radical (unpaired) electrons. The van der Waals surface area contributed by atoms with Crippen LogP contribution in [0.15, 0.2) is 29.2 Å². The summed E-state index contributed by atoms with van der Waals surface area (Å²) in [6.45, 7) is 2.09. The van der Waals surface area contributed by atoms with Crippen molar-refractivity contribution in [3.63, 3.8) is 0 Å². The Bertz CT molecular complexity index is 456. The summed E-state index contributed by atoms with van der Waals surface area (Å²) in [6.07, 6.45) is 0. The third-order valence-electron chi connectivity index (χ3n) is 1.79. The zero-order chi connectivity index (χ0) is 10.7. The lowest BCUT2D eigenvalue weighted by atomic mass is 10.2. The van der Waals surface area contributed by atoms with Crippen molar-refractivity contribution in [2.45, 2.75) is 17.6 Å². The molecule has 2 aromatic rings. The van der Waals surface area contributed by atoms with Crippen LogP contribution in [0.1, 0.15) is 10.6 Å². The second-order valence-corrected chi connectivity index (χ2v) is 5.75. The minimum atomic E-state index is 0.509. The predicted molar refractivity (Wildman–Crippen MR) is 65.7 cm³/mol. The summed E-state index contributed by atoms with van der Waals surface area (Å²) in [4.78, 5) is 1.25. The molecule has 78 valence electrons. The molecule has 0 fully saturated rings. The molecule has 0 saturated carbocycles. The number of aryl methyl sites for hydroxylation is 1. The average Bonchev–Trinajstić information content (AvgIpc) is 2.62. The molecule has 0 spiro atoms. The van der Waals surface area contributed by atoms with E-state index >= 15 is 0 Å². The van der Waals surface area contributed by atoms with Gasteiger partial charge in [-0.2, -0.15) is 0 Å². The van der Waals surface area contributed by atoms with Crippen molar-refractivity contribution >= 4 is 34.7 Å². The summed E-state index contributed by atoms with van der Waals surface area (Å²) >= 11 is 8.89. The van der Waals surface area contributed by atoms with Gasteiger partial charge < -0.3 is 0 Å². The second-order valence-electron chi connectivity index (χ2n) is 3.05. The fraction of sp³-hybridized carbons (Fsp3) is 0.200. The maximum atomic E-state index is 5.70. The van der Waals surface area contributed by atoms with Gasteiger partial charge in [-0.05, 0) is 30.7 Å². The fourth-order valence-corrected chi connectivity index (χ4v) is 3.01. The van der Waals surface area contributed by atoms with E-state index in [-0.39, 0.29) is 0 Å². The molecule has 15 heavy (non-hydrogen) atoms. The number of benzene rings is 1. The molecule has 1 heterocycles. The average molecular weight is 257 g/mol. The van der Waals surface area contributed by atoms with E-state index in [2.05, 4.69) is 41.4 Å². The second kappa shape index (κ2) is 4.96. The maximum Gasteiger partial charge on any atom is 0.207 e. The van der Waals surface area contributed by atoms with Crippen LogP contribution in [0.5, 0.6) is 0 Å². The molecule has 0 saturated heterocycles. The van der Waals surface area contributed by atoms with Crippen molar-refractivity contribution < 1.29 is 0 Å². The van der Waals surface area contributed by atoms with Crippen LogP contribution in [0.2, 0.25) is 4.47 Å². The van der Waals surface area contributed by atoms with Gasteiger partial charge in [0.15, 0.2) is 0 Å². The van der Waals surface area contributed by atoms with Gasteiger partial charge in [-0.25, -0.2) is 0 Å². The smallest absolute Gasteiger partial charge is 0.141 e. The highest BCUT2D eigenvalue weighted by Crippen LogP contribution is 2.26. The van der Waals surface area contributed by atoms with Gasteiger partial charge in [0, 0.05) is 4.90 Å². The first-order chi connectivity index (χ1) is 7.24. The Morgan fingerprint density at radius 1 is 1.40 bits per heavy atom. The first-order valence-electron chi connectivity index (χ1n) is 4.41. The van der Waals surface area contributed by atoms with Crippen LogP contribution >= 0.6 is 34.7 Å². The Labute approximate surface area is 102 Å². The number of thioether (sulfide) groups is 1. The highest BCUT2D eigenvalue weighted by Gasteiger charge is 2.02. The topological polar surface area (TPSA) is 25.8 Å². The van der Waals surface area contributed by atoms with Crippen molar-refractivity contribution in [1.82, 2.24) is 10.2 Å². The SMILES string of the molecule is Cc1cccc(SCc2nnc(Cl)s2)c1. The summed E-state index contributed by atoms with van der Waals surface area (Å²) in [5, 5.41) is 8.70. The number of nitrogens with zero attached hydrogens (tertiary/aromatic N) is 2. The van der Waals surface area contributed by atoms with Crippen molar-refractivity contribution in [3.05, 3.63) is 39.3 Å². The van der Waals surface area contributed by atoms with E-state index in [0.717, 1.165) is 10.8 Å². The van der Waals surface area contributed by atoms with Gasteiger partial charge >= 0.3 is 0 Å². The van der Waals surface area contributed by atoms with E-state index < -0.39 is 0 Å². The standard InChI is InChI=1S/C10H9ClN2S2/c1-7-3-2-4-8(5-7)14-6-9-12-13-10(11)15-9/h2-5H,6H2,1H3. The lowest BCUT2D eigenvalue weighted by Crippen LogP contribution is -1.80. The molecule has 0 aliphatic heterocycles. The van der Waals surface area contributed by atoms with Crippen molar-refractivity contribution in [1.29, 1.82) is 0 Å². The predicted octanol–water partition coefficient (Wildman–Crippen LogP) is 3.79. The Balaban J connectivity index is 1.99. The van der Waals surface area contributed by atoms with Gasteiger partial charge in [-0.1, -0.05) is 29.0 Å². The van der Waals surface area contributed by atoms with E-state index in [1.807, 2.05) is 0 Å². The molecule has 2 rings (SSSR count). The number of hydrogen-bond donors (Lipinski definition) is 0. The van der Waals surface area contributed by atoms with E-state index in [1.165, 1.54) is 21.8 Å². The van der Waals surface area contributed by atoms with E-state index in [9.17, 15) is 0 Å². The van der Waals surface area contributed by atoms with Gasteiger partial charge in [0.1, 0.15) is 5.01 Å². The van der Waals surface area contributed by atoms with Crippen molar-refractivity contribution in [2.75, 3.05) is 0 Å². The van der Waals surface area contributed by atoms with Crippen molar-refractivity contribution in [3.8, 4) is 0 Å². The number of halogens is 1. The van der Waals surface area contributed by atoms with Gasteiger partial charge in [0.05, 0.1) is 5.75 Å². The van der Waals surface area contributed by atoms with Crippen LogP contribution in [-0.4, -0.2) is 10.2 Å². The molecule has 0 unspecified atom stereocenters. The lowest BCUT2D eigenvalue weighted by Gasteiger charge is -1.99. The summed E-state index contributed by atoms with van der Waals surface area (Å²) in [5.41, 5.74) is 1.27. The molecule has 0 bridgehead atoms. The molecular weight excluding hydrogens is 248 g/mol. The highest BCUT2D eigenvalue weighted by molar-refractivity contribution is 7.98. The summed E-state index contributed by atoms with van der Waals surface area (Å²) in [5.74, 6) is 0.827. The van der Waals surface area contributed by atoms with Crippen LogP contribution < -0.4 is 0 Å². The number of rotatable bonds is 3. The molecule has 0 amide bonds. The van der Waals surface area contributed by atoms with Crippen LogP contribution in [0.3, 0.4) is 0 Å². The third kappa shape index (κ3) is 3.19. The molecule has 2 nitrogen and oxygen atoms in total. The van der Waals surface area contributed by atoms with E-state index in [4.69, 9.17) is 11.6 Å². The summed E-state index contributed by atoms with van der Waals surface area (Å²) in [6, 6.07) is 8.41. The molecule has 0 N–H and O–H groups in total. The molecular formula is C10H9ClN2S2. The lowest BCUT2D eigenvalue weighted by molar-refractivity contribution is 1.04. The van der Waals surface area contributed by atoms with Crippen molar-refractivity contribution in [2.24, 2.45) is 0 Å². The van der Waals surface area contributed by atoms with Gasteiger partial charge in [0.2, 0.25) is 4.47 Å². The van der Waals surface area contributed by atoms with Crippen LogP contribution in [0.25, 0.3) is 0 Å². The number of hydrogen-bond acceptors (Lipinski definition) is 4. The van der Waals surface area contributed by atoms with Gasteiger partial charge in [-0.15, -0.1) is 22.0 Å². The Morgan fingerprint density at radius 2 is 2.27 bits per heavy atom. The zero-order valence-corrected chi connectivity index (χ0v) is 10.5. The first kappa shape index (κ1) is 10.9. The Kier molecular flexibility index (Phi) is 3.61. The number of aromatic nitrogens is 2. The molecule has 5 heteroatoms. The highest BCUT2D eigenvalue weighted by atomic mass is 35.5. The quantitative estimate of drug-likeness (QED) is 0.782. The monoisotopic (exact) mass is 256 g/mol. The molecule has 1 aromatic carbocycles. The zero-order valence-electron chi connectivity index (χ0n) is 8.11. The Morgan fingerprint density at radius 3 is 2.93 bits per heavy atom. The molecule has 0 aliphatic carbocycles. The third-order valence-corrected chi connectivity index (χ3v) is 4.00. The molecule has 0 atom stereocenters. The summed E-state index contributed by atoms with van der Waals surface area (Å²) < 4.78 is 0.509. The molecule has 1 aromatic heterocycles. The minimum Gasteiger partial charge on any atom is -0.141 e. The van der Waals surface area contributed by atoms with E-state index in [1.54, 1.807) is 11.8 Å². The minimum absolute atomic E-state index is 0.509. The van der Waals surface area contributed by atoms with Crippen LogP contribution in [-0.2, 0) is 5.75 Å². The largest absolute Gasteiger partial charge is 0.207 e. The van der Waals surface area contributed by atoms with Crippen LogP contribution in [0, 0.1) is 6.92 Å². The van der Waals surface area contributed by atoms with Gasteiger partial charge in [0.25, 0.3) is 0 Å². The summed E-state index contributed by atoms with van der Waals surface area (Å²) in [7, 11) is 0. The Hall–Kier alpha value is -0.580. The maximum absolute atomic E-state index is 5.70. The van der Waals surface area contributed by atoms with E-state index in [0.29, 0.717) is 4.47 Å².